The van der Waals surface area contributed by atoms with Crippen LogP contribution in [0, 0.1) is 17.4 Å². The average molecular weight is 152 g/mol. The van der Waals surface area contributed by atoms with Crippen molar-refractivity contribution in [3.63, 3.8) is 0 Å². The third-order valence-electron chi connectivity index (χ3n) is 1.82. The van der Waals surface area contributed by atoms with Crippen molar-refractivity contribution >= 4 is 10.8 Å². The minimum atomic E-state index is 0.712. The van der Waals surface area contributed by atoms with E-state index in [1.165, 1.54) is 0 Å². The van der Waals surface area contributed by atoms with Gasteiger partial charge in [0.1, 0.15) is 0 Å². The lowest BCUT2D eigenvalue weighted by atomic mass is 10.1. The minimum Gasteiger partial charge on any atom is -0.192 e. The maximum atomic E-state index is 8.77. The largest absolute Gasteiger partial charge is 0.192 e. The molecule has 2 aromatic rings. The van der Waals surface area contributed by atoms with Crippen molar-refractivity contribution in [1.82, 2.24) is 0 Å². The van der Waals surface area contributed by atoms with Crippen LogP contribution in [0.25, 0.3) is 10.8 Å². The van der Waals surface area contributed by atoms with E-state index in [4.69, 9.17) is 5.26 Å². The fourth-order valence-electron chi connectivity index (χ4n) is 1.25. The first kappa shape index (κ1) is 6.87. The van der Waals surface area contributed by atoms with Crippen molar-refractivity contribution < 1.29 is 0 Å². The number of hydrogen-bond donors (Lipinski definition) is 0. The molecular weight excluding hydrogens is 146 g/mol. The van der Waals surface area contributed by atoms with Crippen LogP contribution in [0.2, 0.25) is 0 Å². The molecule has 0 heterocycles. The Kier molecular flexibility index (Phi) is 1.53. The number of fused-ring (bicyclic) bond motifs is 1. The van der Waals surface area contributed by atoms with E-state index in [0.29, 0.717) is 5.56 Å². The van der Waals surface area contributed by atoms with E-state index < -0.39 is 0 Å². The predicted molar refractivity (Wildman–Crippen MR) is 47.5 cm³/mol. The van der Waals surface area contributed by atoms with Gasteiger partial charge in [0.25, 0.3) is 0 Å². The van der Waals surface area contributed by atoms with Gasteiger partial charge >= 0.3 is 0 Å². The number of benzene rings is 2. The van der Waals surface area contributed by atoms with E-state index in [2.05, 4.69) is 12.1 Å². The van der Waals surface area contributed by atoms with Crippen LogP contribution in [0.15, 0.2) is 36.4 Å². The summed E-state index contributed by atoms with van der Waals surface area (Å²) < 4.78 is 0. The van der Waals surface area contributed by atoms with Crippen LogP contribution in [-0.4, -0.2) is 0 Å². The fraction of sp³-hybridized carbons (Fsp3) is 0. The van der Waals surface area contributed by atoms with Gasteiger partial charge in [-0.2, -0.15) is 5.26 Å². The van der Waals surface area contributed by atoms with E-state index in [-0.39, 0.29) is 0 Å². The van der Waals surface area contributed by atoms with E-state index >= 15 is 0 Å². The van der Waals surface area contributed by atoms with E-state index in [9.17, 15) is 0 Å². The molecule has 0 N–H and O–H groups in total. The molecule has 0 spiro atoms. The fourth-order valence-corrected chi connectivity index (χ4v) is 1.25. The Balaban J connectivity index is 2.91. The maximum Gasteiger partial charge on any atom is 0.0998 e. The highest BCUT2D eigenvalue weighted by atomic mass is 14.2. The summed E-state index contributed by atoms with van der Waals surface area (Å²) in [6.45, 7) is 0. The second-order valence-corrected chi connectivity index (χ2v) is 2.55. The van der Waals surface area contributed by atoms with Gasteiger partial charge in [-0.15, -0.1) is 0 Å². The zero-order valence-electron chi connectivity index (χ0n) is 6.41. The van der Waals surface area contributed by atoms with Gasteiger partial charge < -0.3 is 0 Å². The Morgan fingerprint density at radius 2 is 2.08 bits per heavy atom. The van der Waals surface area contributed by atoms with Gasteiger partial charge in [-0.05, 0) is 17.5 Å². The zero-order valence-corrected chi connectivity index (χ0v) is 6.41. The molecule has 0 saturated heterocycles. The Labute approximate surface area is 70.9 Å². The van der Waals surface area contributed by atoms with Gasteiger partial charge in [0.15, 0.2) is 0 Å². The molecule has 0 bridgehead atoms. The molecule has 12 heavy (non-hydrogen) atoms. The molecule has 0 aliphatic rings. The van der Waals surface area contributed by atoms with Gasteiger partial charge in [0.05, 0.1) is 11.6 Å². The molecule has 1 radical (unpaired) electrons. The molecule has 1 nitrogen and oxygen atoms in total. The summed E-state index contributed by atoms with van der Waals surface area (Å²) in [4.78, 5) is 0. The predicted octanol–water partition coefficient (Wildman–Crippen LogP) is 2.51. The molecule has 2 aromatic carbocycles. The first-order valence-electron chi connectivity index (χ1n) is 3.71. The van der Waals surface area contributed by atoms with Crippen LogP contribution in [0.1, 0.15) is 5.56 Å². The summed E-state index contributed by atoms with van der Waals surface area (Å²) in [6, 6.07) is 16.5. The molecule has 0 fully saturated rings. The topological polar surface area (TPSA) is 23.8 Å². The van der Waals surface area contributed by atoms with Crippen LogP contribution in [-0.2, 0) is 0 Å². The summed E-state index contributed by atoms with van der Waals surface area (Å²) in [7, 11) is 0. The Bertz CT molecular complexity index is 447. The summed E-state index contributed by atoms with van der Waals surface area (Å²) >= 11 is 0. The molecule has 0 unspecified atom stereocenters. The quantitative estimate of drug-likeness (QED) is 0.569. The van der Waals surface area contributed by atoms with Crippen molar-refractivity contribution in [2.24, 2.45) is 0 Å². The van der Waals surface area contributed by atoms with Gasteiger partial charge in [-0.25, -0.2) is 0 Å². The van der Waals surface area contributed by atoms with Crippen molar-refractivity contribution in [2.75, 3.05) is 0 Å². The normalized spacial score (nSPS) is 9.58. The number of hydrogen-bond acceptors (Lipinski definition) is 1. The molecular formula is C11H6N. The molecule has 0 atom stereocenters. The lowest BCUT2D eigenvalue weighted by Gasteiger charge is -1.96. The highest BCUT2D eigenvalue weighted by Gasteiger charge is 1.96. The zero-order chi connectivity index (χ0) is 8.39. The van der Waals surface area contributed by atoms with Crippen LogP contribution < -0.4 is 0 Å². The molecule has 2 rings (SSSR count). The van der Waals surface area contributed by atoms with Crippen molar-refractivity contribution in [1.29, 1.82) is 5.26 Å². The first-order chi connectivity index (χ1) is 5.92. The van der Waals surface area contributed by atoms with Gasteiger partial charge in [-0.1, -0.05) is 30.3 Å². The summed E-state index contributed by atoms with van der Waals surface area (Å²) in [5, 5.41) is 10.7. The maximum absolute atomic E-state index is 8.77. The molecule has 0 aliphatic carbocycles. The Morgan fingerprint density at radius 1 is 1.17 bits per heavy atom. The summed E-state index contributed by atoms with van der Waals surface area (Å²) in [5.41, 5.74) is 0.712. The van der Waals surface area contributed by atoms with Crippen LogP contribution in [0.4, 0.5) is 0 Å². The average Bonchev–Trinajstić information content (AvgIpc) is 2.17. The molecule has 0 aromatic heterocycles. The van der Waals surface area contributed by atoms with E-state index in [1.807, 2.05) is 36.4 Å². The van der Waals surface area contributed by atoms with E-state index in [0.717, 1.165) is 10.8 Å². The third kappa shape index (κ3) is 0.943. The van der Waals surface area contributed by atoms with Gasteiger partial charge in [-0.3, -0.25) is 0 Å². The molecule has 55 valence electrons. The third-order valence-corrected chi connectivity index (χ3v) is 1.82. The van der Waals surface area contributed by atoms with Gasteiger partial charge in [0.2, 0.25) is 0 Å². The highest BCUT2D eigenvalue weighted by Crippen LogP contribution is 2.16. The molecule has 0 saturated carbocycles. The lowest BCUT2D eigenvalue weighted by molar-refractivity contribution is 1.50. The lowest BCUT2D eigenvalue weighted by Crippen LogP contribution is -1.77. The molecule has 1 heteroatoms. The minimum absolute atomic E-state index is 0.712. The smallest absolute Gasteiger partial charge is 0.0998 e. The Morgan fingerprint density at radius 3 is 2.92 bits per heavy atom. The monoisotopic (exact) mass is 152 g/mol. The van der Waals surface area contributed by atoms with Crippen molar-refractivity contribution in [3.8, 4) is 6.07 Å². The number of nitriles is 1. The van der Waals surface area contributed by atoms with Crippen LogP contribution in [0.3, 0.4) is 0 Å². The first-order valence-corrected chi connectivity index (χ1v) is 3.71. The summed E-state index contributed by atoms with van der Waals surface area (Å²) in [5.74, 6) is 0. The van der Waals surface area contributed by atoms with Crippen LogP contribution >= 0.6 is 0 Å². The van der Waals surface area contributed by atoms with E-state index in [1.54, 1.807) is 0 Å². The van der Waals surface area contributed by atoms with Crippen molar-refractivity contribution in [3.05, 3.63) is 48.0 Å². The molecule has 0 amide bonds. The summed E-state index contributed by atoms with van der Waals surface area (Å²) in [6.07, 6.45) is 0. The van der Waals surface area contributed by atoms with Crippen molar-refractivity contribution in [2.45, 2.75) is 0 Å². The molecule has 0 aliphatic heterocycles. The van der Waals surface area contributed by atoms with Crippen LogP contribution in [0.5, 0.6) is 0 Å². The van der Waals surface area contributed by atoms with Gasteiger partial charge in [0, 0.05) is 5.39 Å². The second-order valence-electron chi connectivity index (χ2n) is 2.55. The number of rotatable bonds is 0. The second kappa shape index (κ2) is 2.67. The Hall–Kier alpha value is -1.81. The number of nitrogens with zero attached hydrogens (tertiary/aromatic N) is 1. The highest BCUT2D eigenvalue weighted by molar-refractivity contribution is 5.87. The SMILES string of the molecule is N#Cc1cccc2[c]cccc12. The standard InChI is InChI=1S/C11H6N/c12-8-10-6-3-5-9-4-1-2-7-11(9)10/h1-3,5-7H.